The molecule has 0 aromatic rings. The zero-order chi connectivity index (χ0) is 9.19. The van der Waals surface area contributed by atoms with Gasteiger partial charge in [0, 0.05) is 11.5 Å². The summed E-state index contributed by atoms with van der Waals surface area (Å²) >= 11 is 5.31. The van der Waals surface area contributed by atoms with Crippen molar-refractivity contribution in [2.24, 2.45) is 4.36 Å². The lowest BCUT2D eigenvalue weighted by Gasteiger charge is -1.96. The molecule has 1 heterocycles. The summed E-state index contributed by atoms with van der Waals surface area (Å²) in [6.45, 7) is 3.22. The topological polar surface area (TPSA) is 46.5 Å². The predicted octanol–water partition coefficient (Wildman–Crippen LogP) is 1.53. The Bertz CT molecular complexity index is 316. The maximum absolute atomic E-state index is 11.6. The third-order valence-electron chi connectivity index (χ3n) is 1.66. The van der Waals surface area contributed by atoms with E-state index < -0.39 is 15.6 Å². The second-order valence-electron chi connectivity index (χ2n) is 2.69. The van der Waals surface area contributed by atoms with Crippen molar-refractivity contribution in [1.82, 2.24) is 0 Å². The number of hydrogen-bond donors (Lipinski definition) is 0. The van der Waals surface area contributed by atoms with E-state index in [1.165, 1.54) is 0 Å². The average molecular weight is 208 g/mol. The quantitative estimate of drug-likeness (QED) is 0.613. The van der Waals surface area contributed by atoms with Gasteiger partial charge in [0.2, 0.25) is 0 Å². The second kappa shape index (κ2) is 3.58. The molecule has 12 heavy (non-hydrogen) atoms. The Balaban J connectivity index is 2.87. The van der Waals surface area contributed by atoms with Crippen molar-refractivity contribution in [2.75, 3.05) is 11.5 Å². The number of amides is 1. The molecule has 1 amide bonds. The zero-order valence-corrected chi connectivity index (χ0v) is 8.16. The van der Waals surface area contributed by atoms with Crippen molar-refractivity contribution in [3.05, 3.63) is 11.6 Å². The average Bonchev–Trinajstić information content (AvgIpc) is 2.35. The standard InChI is InChI=1S/C7H10ClNO2S/c1-6(8)7(10)9-12(11)4-2-3-5-12/h1-5H2. The molecule has 3 nitrogen and oxygen atoms in total. The molecule has 0 spiro atoms. The first-order valence-corrected chi connectivity index (χ1v) is 5.88. The van der Waals surface area contributed by atoms with Crippen LogP contribution in [0.2, 0.25) is 0 Å². The SMILES string of the molecule is C=C(Cl)C(=O)N=S1(=O)CCCC1. The number of halogens is 1. The Kier molecular flexibility index (Phi) is 2.90. The molecule has 0 N–H and O–H groups in total. The van der Waals surface area contributed by atoms with Crippen LogP contribution >= 0.6 is 11.6 Å². The van der Waals surface area contributed by atoms with Gasteiger partial charge < -0.3 is 0 Å². The monoisotopic (exact) mass is 207 g/mol. The molecular weight excluding hydrogens is 198 g/mol. The highest BCUT2D eigenvalue weighted by atomic mass is 35.5. The minimum absolute atomic E-state index is 0.162. The van der Waals surface area contributed by atoms with Crippen molar-refractivity contribution in [1.29, 1.82) is 0 Å². The Morgan fingerprint density at radius 1 is 1.42 bits per heavy atom. The van der Waals surface area contributed by atoms with Gasteiger partial charge in [-0.25, -0.2) is 4.21 Å². The lowest BCUT2D eigenvalue weighted by Crippen LogP contribution is -2.05. The van der Waals surface area contributed by atoms with Crippen molar-refractivity contribution in [3.8, 4) is 0 Å². The van der Waals surface area contributed by atoms with E-state index in [2.05, 4.69) is 10.9 Å². The molecule has 5 heteroatoms. The van der Waals surface area contributed by atoms with Crippen LogP contribution in [-0.2, 0) is 14.5 Å². The number of rotatable bonds is 1. The maximum atomic E-state index is 11.6. The van der Waals surface area contributed by atoms with Crippen LogP contribution in [0.3, 0.4) is 0 Å². The van der Waals surface area contributed by atoms with E-state index in [9.17, 15) is 9.00 Å². The minimum atomic E-state index is -2.27. The third-order valence-corrected chi connectivity index (χ3v) is 4.17. The molecule has 1 aliphatic rings. The molecule has 1 aliphatic heterocycles. The molecule has 1 fully saturated rings. The number of nitrogens with zero attached hydrogens (tertiary/aromatic N) is 1. The first-order valence-electron chi connectivity index (χ1n) is 3.65. The van der Waals surface area contributed by atoms with Gasteiger partial charge in [0.15, 0.2) is 0 Å². The highest BCUT2D eigenvalue weighted by Crippen LogP contribution is 2.14. The summed E-state index contributed by atoms with van der Waals surface area (Å²) < 4.78 is 15.2. The van der Waals surface area contributed by atoms with Gasteiger partial charge in [0.25, 0.3) is 5.91 Å². The van der Waals surface area contributed by atoms with E-state index in [0.717, 1.165) is 12.8 Å². The van der Waals surface area contributed by atoms with Crippen LogP contribution in [0.5, 0.6) is 0 Å². The Morgan fingerprint density at radius 2 is 1.92 bits per heavy atom. The first-order chi connectivity index (χ1) is 5.53. The summed E-state index contributed by atoms with van der Waals surface area (Å²) in [5.41, 5.74) is 0. The molecule has 68 valence electrons. The second-order valence-corrected chi connectivity index (χ2v) is 5.69. The molecule has 0 unspecified atom stereocenters. The summed E-state index contributed by atoms with van der Waals surface area (Å²) in [7, 11) is -2.27. The number of carbonyl (C=O) groups is 1. The number of hydrogen-bond acceptors (Lipinski definition) is 2. The van der Waals surface area contributed by atoms with Gasteiger partial charge >= 0.3 is 0 Å². The summed E-state index contributed by atoms with van der Waals surface area (Å²) in [4.78, 5) is 10.9. The van der Waals surface area contributed by atoms with Crippen LogP contribution in [0.25, 0.3) is 0 Å². The van der Waals surface area contributed by atoms with Crippen LogP contribution < -0.4 is 0 Å². The van der Waals surface area contributed by atoms with Crippen molar-refractivity contribution in [2.45, 2.75) is 12.8 Å². The summed E-state index contributed by atoms with van der Waals surface area (Å²) in [6.07, 6.45) is 1.76. The molecule has 0 aromatic heterocycles. The van der Waals surface area contributed by atoms with Crippen molar-refractivity contribution in [3.63, 3.8) is 0 Å². The van der Waals surface area contributed by atoms with Crippen molar-refractivity contribution >= 4 is 27.2 Å². The zero-order valence-electron chi connectivity index (χ0n) is 6.59. The van der Waals surface area contributed by atoms with Gasteiger partial charge in [-0.3, -0.25) is 4.79 Å². The highest BCUT2D eigenvalue weighted by molar-refractivity contribution is 7.94. The van der Waals surface area contributed by atoms with Gasteiger partial charge in [0.1, 0.15) is 5.03 Å². The molecule has 0 radical (unpaired) electrons. The van der Waals surface area contributed by atoms with Gasteiger partial charge in [0.05, 0.1) is 9.73 Å². The van der Waals surface area contributed by atoms with E-state index in [-0.39, 0.29) is 5.03 Å². The molecular formula is C7H10ClNO2S. The van der Waals surface area contributed by atoms with Crippen LogP contribution in [-0.4, -0.2) is 21.6 Å². The lowest BCUT2D eigenvalue weighted by atomic mass is 10.4. The highest BCUT2D eigenvalue weighted by Gasteiger charge is 2.18. The molecule has 0 aliphatic carbocycles. The fraction of sp³-hybridized carbons (Fsp3) is 0.571. The molecule has 0 saturated carbocycles. The van der Waals surface area contributed by atoms with Gasteiger partial charge in [-0.2, -0.15) is 4.36 Å². The van der Waals surface area contributed by atoms with E-state index in [1.807, 2.05) is 0 Å². The molecule has 0 bridgehead atoms. The number of carbonyl (C=O) groups excluding carboxylic acids is 1. The van der Waals surface area contributed by atoms with Crippen LogP contribution in [0.4, 0.5) is 0 Å². The third kappa shape index (κ3) is 2.32. The minimum Gasteiger partial charge on any atom is -0.265 e. The maximum Gasteiger partial charge on any atom is 0.295 e. The molecule has 0 atom stereocenters. The first kappa shape index (κ1) is 9.74. The normalized spacial score (nSPS) is 20.4. The van der Waals surface area contributed by atoms with Gasteiger partial charge in [-0.1, -0.05) is 18.2 Å². The Morgan fingerprint density at radius 3 is 2.33 bits per heavy atom. The Labute approximate surface area is 77.0 Å². The van der Waals surface area contributed by atoms with E-state index in [0.29, 0.717) is 11.5 Å². The Hall–Kier alpha value is -0.350. The van der Waals surface area contributed by atoms with Crippen LogP contribution in [0, 0.1) is 0 Å². The van der Waals surface area contributed by atoms with Crippen molar-refractivity contribution < 1.29 is 9.00 Å². The van der Waals surface area contributed by atoms with Gasteiger partial charge in [-0.15, -0.1) is 0 Å². The molecule has 0 aromatic carbocycles. The smallest absolute Gasteiger partial charge is 0.265 e. The van der Waals surface area contributed by atoms with Gasteiger partial charge in [-0.05, 0) is 12.8 Å². The molecule has 1 rings (SSSR count). The fourth-order valence-corrected chi connectivity index (χ4v) is 3.25. The largest absolute Gasteiger partial charge is 0.295 e. The summed E-state index contributed by atoms with van der Waals surface area (Å²) in [5.74, 6) is 0.398. The fourth-order valence-electron chi connectivity index (χ4n) is 1.05. The van der Waals surface area contributed by atoms with E-state index in [4.69, 9.17) is 11.6 Å². The lowest BCUT2D eigenvalue weighted by molar-refractivity contribution is -0.113. The predicted molar refractivity (Wildman–Crippen MR) is 49.5 cm³/mol. The summed E-state index contributed by atoms with van der Waals surface area (Å²) in [5, 5.41) is -0.162. The summed E-state index contributed by atoms with van der Waals surface area (Å²) in [6, 6.07) is 0. The van der Waals surface area contributed by atoms with Crippen LogP contribution in [0.15, 0.2) is 16.0 Å². The van der Waals surface area contributed by atoms with E-state index >= 15 is 0 Å². The molecule has 1 saturated heterocycles. The van der Waals surface area contributed by atoms with E-state index in [1.54, 1.807) is 0 Å². The van der Waals surface area contributed by atoms with Crippen LogP contribution in [0.1, 0.15) is 12.8 Å².